The molecule has 0 aromatic heterocycles. The maximum absolute atomic E-state index is 12.7. The molecule has 1 heterocycles. The Morgan fingerprint density at radius 1 is 1.27 bits per heavy atom. The maximum Gasteiger partial charge on any atom is 0.266 e. The summed E-state index contributed by atoms with van der Waals surface area (Å²) in [5, 5.41) is 12.4. The van der Waals surface area contributed by atoms with Crippen molar-refractivity contribution >= 4 is 23.4 Å². The Balaban J connectivity index is 1.96. The number of nitrogens with zero attached hydrogens (tertiary/aromatic N) is 2. The van der Waals surface area contributed by atoms with Crippen molar-refractivity contribution in [1.82, 2.24) is 0 Å². The number of nitriles is 1. The molecule has 0 bridgehead atoms. The second-order valence-electron chi connectivity index (χ2n) is 8.92. The van der Waals surface area contributed by atoms with Crippen LogP contribution in [-0.2, 0) is 4.79 Å². The Hall–Kier alpha value is -3.06. The van der Waals surface area contributed by atoms with E-state index in [0.717, 1.165) is 29.7 Å². The third-order valence-corrected chi connectivity index (χ3v) is 6.06. The average molecular weight is 402 g/mol. The molecule has 0 fully saturated rings. The van der Waals surface area contributed by atoms with Gasteiger partial charge in [0.15, 0.2) is 0 Å². The van der Waals surface area contributed by atoms with Crippen LogP contribution in [-0.4, -0.2) is 18.0 Å². The topological polar surface area (TPSA) is 56.1 Å². The number of hydrogen-bond acceptors (Lipinski definition) is 3. The van der Waals surface area contributed by atoms with Crippen LogP contribution >= 0.6 is 0 Å². The summed E-state index contributed by atoms with van der Waals surface area (Å²) in [4.78, 5) is 15.1. The van der Waals surface area contributed by atoms with Gasteiger partial charge in [-0.15, -0.1) is 0 Å². The predicted molar refractivity (Wildman–Crippen MR) is 125 cm³/mol. The van der Waals surface area contributed by atoms with Gasteiger partial charge in [-0.2, -0.15) is 5.26 Å². The summed E-state index contributed by atoms with van der Waals surface area (Å²) in [5.74, 6) is 0.0281. The van der Waals surface area contributed by atoms with E-state index in [2.05, 4.69) is 56.1 Å². The van der Waals surface area contributed by atoms with Crippen molar-refractivity contribution in [3.05, 3.63) is 64.2 Å². The van der Waals surface area contributed by atoms with Crippen molar-refractivity contribution in [3.8, 4) is 6.07 Å². The molecule has 0 radical (unpaired) electrons. The van der Waals surface area contributed by atoms with Gasteiger partial charge in [0.2, 0.25) is 0 Å². The van der Waals surface area contributed by atoms with Crippen LogP contribution in [0, 0.1) is 25.2 Å². The van der Waals surface area contributed by atoms with Crippen LogP contribution in [0.15, 0.2) is 42.0 Å². The Labute approximate surface area is 180 Å². The molecule has 1 amide bonds. The highest BCUT2D eigenvalue weighted by atomic mass is 16.1. The molecule has 30 heavy (non-hydrogen) atoms. The highest BCUT2D eigenvalue weighted by Gasteiger charge is 2.35. The van der Waals surface area contributed by atoms with E-state index >= 15 is 0 Å². The van der Waals surface area contributed by atoms with Crippen molar-refractivity contribution in [2.24, 2.45) is 0 Å². The molecule has 0 saturated heterocycles. The fourth-order valence-electron chi connectivity index (χ4n) is 4.54. The van der Waals surface area contributed by atoms with E-state index in [4.69, 9.17) is 0 Å². The number of amides is 1. The van der Waals surface area contributed by atoms with Crippen molar-refractivity contribution in [3.63, 3.8) is 0 Å². The largest absolute Gasteiger partial charge is 0.366 e. The number of carbonyl (C=O) groups excluding carboxylic acids is 1. The Kier molecular flexibility index (Phi) is 6.03. The molecule has 0 aliphatic carbocycles. The Morgan fingerprint density at radius 2 is 1.93 bits per heavy atom. The molecule has 1 atom stereocenters. The summed E-state index contributed by atoms with van der Waals surface area (Å²) >= 11 is 0. The van der Waals surface area contributed by atoms with Gasteiger partial charge < -0.3 is 10.2 Å². The molecule has 1 aliphatic rings. The molecule has 2 aromatic carbocycles. The molecule has 0 saturated carbocycles. The smallest absolute Gasteiger partial charge is 0.266 e. The third-order valence-electron chi connectivity index (χ3n) is 6.06. The quantitative estimate of drug-likeness (QED) is 0.508. The lowest BCUT2D eigenvalue weighted by Crippen LogP contribution is -2.48. The van der Waals surface area contributed by atoms with Gasteiger partial charge in [-0.3, -0.25) is 4.79 Å². The van der Waals surface area contributed by atoms with E-state index < -0.39 is 0 Å². The summed E-state index contributed by atoms with van der Waals surface area (Å²) < 4.78 is 0. The molecule has 4 heteroatoms. The van der Waals surface area contributed by atoms with Crippen LogP contribution in [0.4, 0.5) is 11.4 Å². The van der Waals surface area contributed by atoms with Gasteiger partial charge in [0.1, 0.15) is 11.6 Å². The molecule has 3 rings (SSSR count). The Morgan fingerprint density at radius 3 is 2.53 bits per heavy atom. The highest BCUT2D eigenvalue weighted by Crippen LogP contribution is 2.44. The zero-order valence-electron chi connectivity index (χ0n) is 18.8. The molecule has 1 unspecified atom stereocenters. The van der Waals surface area contributed by atoms with Gasteiger partial charge in [0.25, 0.3) is 5.91 Å². The number of aryl methyl sites for hydroxylation is 2. The van der Waals surface area contributed by atoms with E-state index in [1.807, 2.05) is 38.1 Å². The van der Waals surface area contributed by atoms with E-state index in [0.29, 0.717) is 11.6 Å². The summed E-state index contributed by atoms with van der Waals surface area (Å²) in [6.07, 6.45) is 2.78. The van der Waals surface area contributed by atoms with E-state index in [1.54, 1.807) is 6.08 Å². The lowest BCUT2D eigenvalue weighted by molar-refractivity contribution is -0.112. The first-order valence-corrected chi connectivity index (χ1v) is 10.6. The normalized spacial score (nSPS) is 17.8. The van der Waals surface area contributed by atoms with Crippen LogP contribution in [0.25, 0.3) is 6.08 Å². The van der Waals surface area contributed by atoms with Gasteiger partial charge >= 0.3 is 0 Å². The first kappa shape index (κ1) is 21.6. The number of fused-ring (bicyclic) bond motifs is 1. The van der Waals surface area contributed by atoms with Crippen molar-refractivity contribution < 1.29 is 4.79 Å². The minimum Gasteiger partial charge on any atom is -0.366 e. The zero-order chi connectivity index (χ0) is 22.1. The van der Waals surface area contributed by atoms with Crippen LogP contribution in [0.1, 0.15) is 62.3 Å². The summed E-state index contributed by atoms with van der Waals surface area (Å²) in [7, 11) is 0. The first-order valence-electron chi connectivity index (χ1n) is 10.6. The molecule has 2 aromatic rings. The summed E-state index contributed by atoms with van der Waals surface area (Å²) in [5.41, 5.74) is 6.55. The summed E-state index contributed by atoms with van der Waals surface area (Å²) in [6, 6.07) is 14.0. The van der Waals surface area contributed by atoms with Crippen molar-refractivity contribution in [2.75, 3.05) is 16.8 Å². The second kappa shape index (κ2) is 8.36. The number of anilines is 2. The van der Waals surface area contributed by atoms with Crippen molar-refractivity contribution in [1.29, 1.82) is 5.26 Å². The number of hydrogen-bond donors (Lipinski definition) is 1. The second-order valence-corrected chi connectivity index (χ2v) is 8.92. The van der Waals surface area contributed by atoms with Gasteiger partial charge in [-0.1, -0.05) is 24.6 Å². The number of carbonyl (C=O) groups is 1. The van der Waals surface area contributed by atoms with Gasteiger partial charge in [0, 0.05) is 23.5 Å². The SMILES string of the molecule is CCN1c2cc(C)c(/C=C(/C#N)C(=O)Nc3ccc(C)cc3)cc2C(C)CC1(C)C. The van der Waals surface area contributed by atoms with Crippen LogP contribution in [0.2, 0.25) is 0 Å². The fraction of sp³-hybridized carbons (Fsp3) is 0.385. The molecule has 4 nitrogen and oxygen atoms in total. The summed E-state index contributed by atoms with van der Waals surface area (Å²) in [6.45, 7) is 14.0. The lowest BCUT2D eigenvalue weighted by atomic mass is 9.79. The highest BCUT2D eigenvalue weighted by molar-refractivity contribution is 6.09. The zero-order valence-corrected chi connectivity index (χ0v) is 18.8. The number of nitrogens with one attached hydrogen (secondary N) is 1. The number of benzene rings is 2. The molecular weight excluding hydrogens is 370 g/mol. The van der Waals surface area contributed by atoms with Gasteiger partial charge in [-0.25, -0.2) is 0 Å². The van der Waals surface area contributed by atoms with Crippen LogP contribution < -0.4 is 10.2 Å². The van der Waals surface area contributed by atoms with Gasteiger partial charge in [-0.05, 0) is 94.0 Å². The van der Waals surface area contributed by atoms with Crippen LogP contribution in [0.5, 0.6) is 0 Å². The third kappa shape index (κ3) is 4.26. The standard InChI is InChI=1S/C26H31N3O/c1-7-29-24-12-18(3)20(14-23(24)19(4)15-26(29,5)6)13-21(16-27)25(30)28-22-10-8-17(2)9-11-22/h8-14,19H,7,15H2,1-6H3,(H,28,30)/b21-13-. The molecule has 156 valence electrons. The molecule has 1 N–H and O–H groups in total. The van der Waals surface area contributed by atoms with Gasteiger partial charge in [0.05, 0.1) is 0 Å². The van der Waals surface area contributed by atoms with E-state index in [9.17, 15) is 10.1 Å². The van der Waals surface area contributed by atoms with Crippen molar-refractivity contribution in [2.45, 2.75) is 59.4 Å². The molecular formula is C26H31N3O. The van der Waals surface area contributed by atoms with Crippen LogP contribution in [0.3, 0.4) is 0 Å². The Bertz CT molecular complexity index is 1030. The minimum absolute atomic E-state index is 0.106. The number of rotatable bonds is 4. The van der Waals surface area contributed by atoms with E-state index in [-0.39, 0.29) is 17.0 Å². The maximum atomic E-state index is 12.7. The lowest BCUT2D eigenvalue weighted by Gasteiger charge is -2.47. The monoisotopic (exact) mass is 401 g/mol. The predicted octanol–water partition coefficient (Wildman–Crippen LogP) is 5.96. The molecule has 1 aliphatic heterocycles. The fourth-order valence-corrected chi connectivity index (χ4v) is 4.54. The first-order chi connectivity index (χ1) is 14.2. The average Bonchev–Trinajstić information content (AvgIpc) is 2.68. The molecule has 0 spiro atoms. The van der Waals surface area contributed by atoms with E-state index in [1.165, 1.54) is 11.3 Å². The minimum atomic E-state index is -0.386.